The number of rotatable bonds is 6. The average molecular weight is 301 g/mol. The number of aromatic nitrogens is 1. The molecule has 5 nitrogen and oxygen atoms in total. The predicted molar refractivity (Wildman–Crippen MR) is 81.9 cm³/mol. The average Bonchev–Trinajstić information content (AvgIpc) is 2.53. The second-order valence-electron chi connectivity index (χ2n) is 4.45. The highest BCUT2D eigenvalue weighted by molar-refractivity contribution is 5.98. The Morgan fingerprint density at radius 1 is 1.41 bits per heavy atom. The number of nitrogens with zero attached hydrogens (tertiary/aromatic N) is 1. The molecule has 0 radical (unpaired) electrons. The maximum absolute atomic E-state index is 14.2. The van der Waals surface area contributed by atoms with E-state index in [1.54, 1.807) is 24.3 Å². The molecule has 0 atom stereocenters. The number of amides is 1. The lowest BCUT2D eigenvalue weighted by atomic mass is 10.2. The van der Waals surface area contributed by atoms with Gasteiger partial charge in [-0.2, -0.15) is 0 Å². The number of carbonyl (C=O) groups excluding carboxylic acids is 1. The van der Waals surface area contributed by atoms with Gasteiger partial charge in [-0.1, -0.05) is 24.8 Å². The van der Waals surface area contributed by atoms with Crippen LogP contribution in [0.4, 0.5) is 10.2 Å². The molecule has 3 N–H and O–H groups in total. The summed E-state index contributed by atoms with van der Waals surface area (Å²) in [4.78, 5) is 15.8. The summed E-state index contributed by atoms with van der Waals surface area (Å²) in [6.07, 6.45) is 3.02. The highest BCUT2D eigenvalue weighted by Crippen LogP contribution is 2.20. The van der Waals surface area contributed by atoms with Crippen molar-refractivity contribution < 1.29 is 13.9 Å². The molecular weight excluding hydrogens is 285 g/mol. The van der Waals surface area contributed by atoms with Crippen molar-refractivity contribution in [1.82, 2.24) is 10.3 Å². The maximum atomic E-state index is 14.2. The summed E-state index contributed by atoms with van der Waals surface area (Å²) in [7, 11) is 0. The van der Waals surface area contributed by atoms with Gasteiger partial charge in [0.05, 0.1) is 5.56 Å². The van der Waals surface area contributed by atoms with E-state index in [-0.39, 0.29) is 30.3 Å². The number of anilines is 1. The van der Waals surface area contributed by atoms with Crippen LogP contribution in [-0.2, 0) is 6.54 Å². The monoisotopic (exact) mass is 301 g/mol. The molecular formula is C16H16FN3O2. The largest absolute Gasteiger partial charge is 0.486 e. The molecule has 0 aliphatic carbocycles. The summed E-state index contributed by atoms with van der Waals surface area (Å²) in [5, 5.41) is 2.61. The number of hydrogen-bond acceptors (Lipinski definition) is 4. The Morgan fingerprint density at radius 3 is 2.95 bits per heavy atom. The van der Waals surface area contributed by atoms with Crippen LogP contribution in [-0.4, -0.2) is 17.5 Å². The number of nitrogens with one attached hydrogen (secondary N) is 1. The van der Waals surface area contributed by atoms with Crippen LogP contribution in [0.15, 0.2) is 49.2 Å². The van der Waals surface area contributed by atoms with Gasteiger partial charge in [-0.3, -0.25) is 4.79 Å². The third-order valence-corrected chi connectivity index (χ3v) is 2.92. The third kappa shape index (κ3) is 3.60. The van der Waals surface area contributed by atoms with Crippen LogP contribution >= 0.6 is 0 Å². The normalized spacial score (nSPS) is 10.0. The summed E-state index contributed by atoms with van der Waals surface area (Å²) in [6, 6.07) is 7.90. The molecule has 0 unspecified atom stereocenters. The van der Waals surface area contributed by atoms with Gasteiger partial charge in [0.25, 0.3) is 5.91 Å². The summed E-state index contributed by atoms with van der Waals surface area (Å²) in [5.41, 5.74) is 6.19. The number of nitrogens with two attached hydrogens (primary N) is 1. The highest BCUT2D eigenvalue weighted by Gasteiger charge is 2.13. The van der Waals surface area contributed by atoms with E-state index in [2.05, 4.69) is 16.9 Å². The SMILES string of the molecule is C=CCOc1cccc(CNC(=O)c2cccnc2N)c1F. The van der Waals surface area contributed by atoms with Crippen molar-refractivity contribution in [2.75, 3.05) is 12.3 Å². The number of benzene rings is 1. The zero-order chi connectivity index (χ0) is 15.9. The minimum absolute atomic E-state index is 0.0181. The quantitative estimate of drug-likeness (QED) is 0.803. The van der Waals surface area contributed by atoms with Gasteiger partial charge in [-0.05, 0) is 18.2 Å². The first-order valence-corrected chi connectivity index (χ1v) is 6.63. The molecule has 0 saturated carbocycles. The molecule has 6 heteroatoms. The van der Waals surface area contributed by atoms with Crippen molar-refractivity contribution in [2.45, 2.75) is 6.54 Å². The van der Waals surface area contributed by atoms with Gasteiger partial charge in [-0.25, -0.2) is 9.37 Å². The number of pyridine rings is 1. The maximum Gasteiger partial charge on any atom is 0.255 e. The number of ether oxygens (including phenoxy) is 1. The molecule has 0 spiro atoms. The smallest absolute Gasteiger partial charge is 0.255 e. The Labute approximate surface area is 127 Å². The lowest BCUT2D eigenvalue weighted by Crippen LogP contribution is -2.24. The van der Waals surface area contributed by atoms with Gasteiger partial charge < -0.3 is 15.8 Å². The molecule has 1 heterocycles. The predicted octanol–water partition coefficient (Wildman–Crippen LogP) is 2.30. The van der Waals surface area contributed by atoms with Gasteiger partial charge in [0.2, 0.25) is 0 Å². The lowest BCUT2D eigenvalue weighted by Gasteiger charge is -2.10. The summed E-state index contributed by atoms with van der Waals surface area (Å²) in [5.74, 6) is -0.678. The molecule has 2 rings (SSSR count). The Hall–Kier alpha value is -2.89. The molecule has 114 valence electrons. The third-order valence-electron chi connectivity index (χ3n) is 2.92. The van der Waals surface area contributed by atoms with Crippen LogP contribution in [0.2, 0.25) is 0 Å². The van der Waals surface area contributed by atoms with E-state index < -0.39 is 11.7 Å². The topological polar surface area (TPSA) is 77.2 Å². The number of carbonyl (C=O) groups is 1. The molecule has 1 amide bonds. The van der Waals surface area contributed by atoms with E-state index >= 15 is 0 Å². The zero-order valence-electron chi connectivity index (χ0n) is 11.9. The Balaban J connectivity index is 2.07. The molecule has 0 saturated heterocycles. The zero-order valence-corrected chi connectivity index (χ0v) is 11.9. The van der Waals surface area contributed by atoms with E-state index in [0.29, 0.717) is 5.56 Å². The van der Waals surface area contributed by atoms with Gasteiger partial charge in [0, 0.05) is 18.3 Å². The fourth-order valence-corrected chi connectivity index (χ4v) is 1.83. The number of nitrogen functional groups attached to an aromatic ring is 1. The van der Waals surface area contributed by atoms with Crippen molar-refractivity contribution >= 4 is 11.7 Å². The van der Waals surface area contributed by atoms with Crippen LogP contribution in [0.3, 0.4) is 0 Å². The number of hydrogen-bond donors (Lipinski definition) is 2. The van der Waals surface area contributed by atoms with Crippen LogP contribution in [0.25, 0.3) is 0 Å². The minimum atomic E-state index is -0.510. The minimum Gasteiger partial charge on any atom is -0.486 e. The second-order valence-corrected chi connectivity index (χ2v) is 4.45. The van der Waals surface area contributed by atoms with E-state index in [4.69, 9.17) is 10.5 Å². The van der Waals surface area contributed by atoms with E-state index in [1.807, 2.05) is 0 Å². The van der Waals surface area contributed by atoms with Crippen LogP contribution < -0.4 is 15.8 Å². The van der Waals surface area contributed by atoms with Crippen LogP contribution in [0, 0.1) is 5.82 Å². The molecule has 2 aromatic rings. The molecule has 1 aromatic heterocycles. The van der Waals surface area contributed by atoms with Crippen molar-refractivity contribution in [3.05, 3.63) is 66.1 Å². The fraction of sp³-hybridized carbons (Fsp3) is 0.125. The first-order chi connectivity index (χ1) is 10.6. The fourth-order valence-electron chi connectivity index (χ4n) is 1.83. The standard InChI is InChI=1S/C16H16FN3O2/c1-2-9-22-13-7-3-5-11(14(13)17)10-20-16(21)12-6-4-8-19-15(12)18/h2-8H,1,9-10H2,(H2,18,19)(H,20,21). The van der Waals surface area contributed by atoms with E-state index in [1.165, 1.54) is 18.3 Å². The van der Waals surface area contributed by atoms with E-state index in [9.17, 15) is 9.18 Å². The molecule has 0 aliphatic heterocycles. The van der Waals surface area contributed by atoms with Crippen molar-refractivity contribution in [1.29, 1.82) is 0 Å². The highest BCUT2D eigenvalue weighted by atomic mass is 19.1. The first kappa shape index (κ1) is 15.5. The Morgan fingerprint density at radius 2 is 2.23 bits per heavy atom. The first-order valence-electron chi connectivity index (χ1n) is 6.63. The molecule has 1 aromatic carbocycles. The van der Waals surface area contributed by atoms with Crippen LogP contribution in [0.5, 0.6) is 5.75 Å². The summed E-state index contributed by atoms with van der Waals surface area (Å²) >= 11 is 0. The molecule has 0 bridgehead atoms. The lowest BCUT2D eigenvalue weighted by molar-refractivity contribution is 0.0951. The summed E-state index contributed by atoms with van der Waals surface area (Å²) < 4.78 is 19.4. The Kier molecular flexibility index (Phi) is 5.08. The second kappa shape index (κ2) is 7.21. The summed E-state index contributed by atoms with van der Waals surface area (Å²) in [6.45, 7) is 3.73. The Bertz CT molecular complexity index is 689. The van der Waals surface area contributed by atoms with E-state index in [0.717, 1.165) is 0 Å². The van der Waals surface area contributed by atoms with Crippen molar-refractivity contribution in [3.8, 4) is 5.75 Å². The van der Waals surface area contributed by atoms with Gasteiger partial charge in [0.15, 0.2) is 11.6 Å². The van der Waals surface area contributed by atoms with Gasteiger partial charge >= 0.3 is 0 Å². The number of halogens is 1. The van der Waals surface area contributed by atoms with Gasteiger partial charge in [-0.15, -0.1) is 0 Å². The van der Waals surface area contributed by atoms with Crippen LogP contribution in [0.1, 0.15) is 15.9 Å². The van der Waals surface area contributed by atoms with Gasteiger partial charge in [0.1, 0.15) is 12.4 Å². The molecule has 22 heavy (non-hydrogen) atoms. The molecule has 0 fully saturated rings. The van der Waals surface area contributed by atoms with Crippen molar-refractivity contribution in [3.63, 3.8) is 0 Å². The molecule has 0 aliphatic rings. The van der Waals surface area contributed by atoms with Crippen molar-refractivity contribution in [2.24, 2.45) is 0 Å².